The minimum absolute atomic E-state index is 0.192. The molecule has 0 saturated carbocycles. The first-order chi connectivity index (χ1) is 9.60. The molecule has 1 fully saturated rings. The summed E-state index contributed by atoms with van der Waals surface area (Å²) < 4.78 is 6.11. The highest BCUT2D eigenvalue weighted by atomic mass is 79.9. The number of likely N-dealkylation sites (tertiary alicyclic amines) is 1. The van der Waals surface area contributed by atoms with Gasteiger partial charge in [0.25, 0.3) is 0 Å². The highest BCUT2D eigenvalue weighted by Crippen LogP contribution is 2.26. The number of rotatable bonds is 3. The van der Waals surface area contributed by atoms with Crippen molar-refractivity contribution in [1.82, 2.24) is 4.90 Å². The number of aryl methyl sites for hydroxylation is 1. The fourth-order valence-electron chi connectivity index (χ4n) is 2.39. The minimum atomic E-state index is -0.192. The Morgan fingerprint density at radius 3 is 2.80 bits per heavy atom. The number of ether oxygens (including phenoxy) is 1. The number of hydrogen-bond donors (Lipinski definition) is 1. The lowest BCUT2D eigenvalue weighted by Gasteiger charge is -2.32. The van der Waals surface area contributed by atoms with Crippen LogP contribution in [0.3, 0.4) is 0 Å². The summed E-state index contributed by atoms with van der Waals surface area (Å²) in [6.45, 7) is 5.86. The van der Waals surface area contributed by atoms with Gasteiger partial charge in [0.1, 0.15) is 0 Å². The molecule has 0 unspecified atom stereocenters. The van der Waals surface area contributed by atoms with Gasteiger partial charge in [-0.15, -0.1) is 0 Å². The second-order valence-corrected chi connectivity index (χ2v) is 5.94. The van der Waals surface area contributed by atoms with E-state index in [1.807, 2.05) is 6.92 Å². The Kier molecular flexibility index (Phi) is 5.29. The largest absolute Gasteiger partial charge is 0.450 e. The Morgan fingerprint density at radius 2 is 2.15 bits per heavy atom. The van der Waals surface area contributed by atoms with Crippen molar-refractivity contribution >= 4 is 27.7 Å². The van der Waals surface area contributed by atoms with Crippen molar-refractivity contribution in [3.05, 3.63) is 28.2 Å². The zero-order chi connectivity index (χ0) is 14.5. The Labute approximate surface area is 128 Å². The third-order valence-corrected chi connectivity index (χ3v) is 4.19. The summed E-state index contributed by atoms with van der Waals surface area (Å²) in [5.41, 5.74) is 2.36. The molecule has 0 spiro atoms. The maximum Gasteiger partial charge on any atom is 0.409 e. The molecule has 1 saturated heterocycles. The Bertz CT molecular complexity index is 471. The standard InChI is InChI=1S/C15H21BrN2O2/c1-3-20-15(19)18-8-6-12(7-9-18)17-14-10-11(2)4-5-13(14)16/h4-5,10,12,17H,3,6-9H2,1-2H3. The number of halogens is 1. The summed E-state index contributed by atoms with van der Waals surface area (Å²) in [7, 11) is 0. The first-order valence-electron chi connectivity index (χ1n) is 7.04. The molecule has 0 atom stereocenters. The topological polar surface area (TPSA) is 41.6 Å². The SMILES string of the molecule is CCOC(=O)N1CCC(Nc2cc(C)ccc2Br)CC1. The summed E-state index contributed by atoms with van der Waals surface area (Å²) in [4.78, 5) is 13.4. The van der Waals surface area contributed by atoms with E-state index in [9.17, 15) is 4.79 Å². The lowest BCUT2D eigenvalue weighted by molar-refractivity contribution is 0.0983. The molecule has 0 radical (unpaired) electrons. The van der Waals surface area contributed by atoms with E-state index in [1.54, 1.807) is 4.90 Å². The Balaban J connectivity index is 1.88. The van der Waals surface area contributed by atoms with Gasteiger partial charge >= 0.3 is 6.09 Å². The first kappa shape index (κ1) is 15.2. The molecule has 110 valence electrons. The van der Waals surface area contributed by atoms with Gasteiger partial charge in [-0.2, -0.15) is 0 Å². The summed E-state index contributed by atoms with van der Waals surface area (Å²) >= 11 is 3.57. The van der Waals surface area contributed by atoms with Crippen molar-refractivity contribution in [1.29, 1.82) is 0 Å². The van der Waals surface area contributed by atoms with Gasteiger partial charge < -0.3 is 15.0 Å². The summed E-state index contributed by atoms with van der Waals surface area (Å²) in [5.74, 6) is 0. The Hall–Kier alpha value is -1.23. The van der Waals surface area contributed by atoms with Crippen molar-refractivity contribution in [2.24, 2.45) is 0 Å². The first-order valence-corrected chi connectivity index (χ1v) is 7.84. The number of hydrogen-bond acceptors (Lipinski definition) is 3. The number of anilines is 1. The zero-order valence-electron chi connectivity index (χ0n) is 12.0. The second kappa shape index (κ2) is 6.97. The van der Waals surface area contributed by atoms with Gasteiger partial charge in [0.15, 0.2) is 0 Å². The van der Waals surface area contributed by atoms with Gasteiger partial charge in [0, 0.05) is 29.3 Å². The molecule has 1 N–H and O–H groups in total. The van der Waals surface area contributed by atoms with E-state index >= 15 is 0 Å². The van der Waals surface area contributed by atoms with Crippen LogP contribution < -0.4 is 5.32 Å². The molecule has 1 amide bonds. The fraction of sp³-hybridized carbons (Fsp3) is 0.533. The van der Waals surface area contributed by atoms with Crippen molar-refractivity contribution in [3.8, 4) is 0 Å². The molecule has 1 aliphatic rings. The van der Waals surface area contributed by atoms with Crippen LogP contribution in [0.2, 0.25) is 0 Å². The van der Waals surface area contributed by atoms with Crippen LogP contribution in [0.25, 0.3) is 0 Å². The van der Waals surface area contributed by atoms with Crippen LogP contribution in [0.4, 0.5) is 10.5 Å². The molecule has 1 aliphatic heterocycles. The number of nitrogens with zero attached hydrogens (tertiary/aromatic N) is 1. The highest BCUT2D eigenvalue weighted by molar-refractivity contribution is 9.10. The molecule has 2 rings (SSSR count). The van der Waals surface area contributed by atoms with Crippen molar-refractivity contribution in [3.63, 3.8) is 0 Å². The molecule has 4 nitrogen and oxygen atoms in total. The lowest BCUT2D eigenvalue weighted by Crippen LogP contribution is -2.42. The molecule has 0 aliphatic carbocycles. The number of nitrogens with one attached hydrogen (secondary N) is 1. The van der Waals surface area contributed by atoms with Gasteiger partial charge in [-0.25, -0.2) is 4.79 Å². The molecular formula is C15H21BrN2O2. The third-order valence-electron chi connectivity index (χ3n) is 3.50. The van der Waals surface area contributed by atoms with E-state index in [4.69, 9.17) is 4.74 Å². The molecule has 0 aromatic heterocycles. The number of carbonyl (C=O) groups excluding carboxylic acids is 1. The average Bonchev–Trinajstić information content (AvgIpc) is 2.44. The van der Waals surface area contributed by atoms with Gasteiger partial charge in [-0.05, 0) is 60.3 Å². The van der Waals surface area contributed by atoms with E-state index in [0.29, 0.717) is 12.6 Å². The van der Waals surface area contributed by atoms with Crippen molar-refractivity contribution < 1.29 is 9.53 Å². The van der Waals surface area contributed by atoms with Crippen LogP contribution in [0.5, 0.6) is 0 Å². The van der Waals surface area contributed by atoms with Gasteiger partial charge in [0.2, 0.25) is 0 Å². The number of amides is 1. The number of piperidine rings is 1. The van der Waals surface area contributed by atoms with Crippen LogP contribution in [-0.2, 0) is 4.74 Å². The number of benzene rings is 1. The van der Waals surface area contributed by atoms with Crippen molar-refractivity contribution in [2.45, 2.75) is 32.7 Å². The van der Waals surface area contributed by atoms with Crippen molar-refractivity contribution in [2.75, 3.05) is 25.0 Å². The molecule has 5 heteroatoms. The number of carbonyl (C=O) groups is 1. The van der Waals surface area contributed by atoms with E-state index in [2.05, 4.69) is 46.4 Å². The van der Waals surface area contributed by atoms with E-state index in [0.717, 1.165) is 36.1 Å². The summed E-state index contributed by atoms with van der Waals surface area (Å²) in [6, 6.07) is 6.69. The van der Waals surface area contributed by atoms with Gasteiger partial charge in [-0.1, -0.05) is 6.07 Å². The molecule has 1 aromatic rings. The molecule has 1 heterocycles. The highest BCUT2D eigenvalue weighted by Gasteiger charge is 2.23. The van der Waals surface area contributed by atoms with Crippen LogP contribution in [-0.4, -0.2) is 36.7 Å². The van der Waals surface area contributed by atoms with Gasteiger partial charge in [-0.3, -0.25) is 0 Å². The summed E-state index contributed by atoms with van der Waals surface area (Å²) in [6.07, 6.45) is 1.70. The zero-order valence-corrected chi connectivity index (χ0v) is 13.6. The average molecular weight is 341 g/mol. The fourth-order valence-corrected chi connectivity index (χ4v) is 2.75. The molecular weight excluding hydrogens is 320 g/mol. The second-order valence-electron chi connectivity index (χ2n) is 5.09. The van der Waals surface area contributed by atoms with Crippen LogP contribution >= 0.6 is 15.9 Å². The third kappa shape index (κ3) is 3.88. The van der Waals surface area contributed by atoms with E-state index in [-0.39, 0.29) is 6.09 Å². The molecule has 0 bridgehead atoms. The Morgan fingerprint density at radius 1 is 1.45 bits per heavy atom. The van der Waals surface area contributed by atoms with E-state index in [1.165, 1.54) is 5.56 Å². The van der Waals surface area contributed by atoms with Crippen LogP contribution in [0, 0.1) is 6.92 Å². The predicted molar refractivity (Wildman–Crippen MR) is 84.1 cm³/mol. The predicted octanol–water partition coefficient (Wildman–Crippen LogP) is 3.79. The molecule has 20 heavy (non-hydrogen) atoms. The monoisotopic (exact) mass is 340 g/mol. The lowest BCUT2D eigenvalue weighted by atomic mass is 10.0. The van der Waals surface area contributed by atoms with Crippen LogP contribution in [0.1, 0.15) is 25.3 Å². The molecule has 1 aromatic carbocycles. The normalized spacial score (nSPS) is 16.1. The quantitative estimate of drug-likeness (QED) is 0.909. The maximum atomic E-state index is 11.6. The van der Waals surface area contributed by atoms with E-state index < -0.39 is 0 Å². The summed E-state index contributed by atoms with van der Waals surface area (Å²) in [5, 5.41) is 3.56. The van der Waals surface area contributed by atoms with Crippen LogP contribution in [0.15, 0.2) is 22.7 Å². The minimum Gasteiger partial charge on any atom is -0.450 e. The maximum absolute atomic E-state index is 11.6. The smallest absolute Gasteiger partial charge is 0.409 e. The van der Waals surface area contributed by atoms with Gasteiger partial charge in [0.05, 0.1) is 6.61 Å².